The lowest BCUT2D eigenvalue weighted by Gasteiger charge is -2.19. The SMILES string of the molecule is CC(C)(C)CCCCNC(=O)N1C[C@@H](C(F)(F)F)[C@H](C(=O)O)C1. The summed E-state index contributed by atoms with van der Waals surface area (Å²) < 4.78 is 38.6. The summed E-state index contributed by atoms with van der Waals surface area (Å²) in [6.45, 7) is 5.69. The van der Waals surface area contributed by atoms with E-state index in [9.17, 15) is 22.8 Å². The van der Waals surface area contributed by atoms with Gasteiger partial charge in [-0.05, 0) is 18.3 Å². The highest BCUT2D eigenvalue weighted by atomic mass is 19.4. The highest BCUT2D eigenvalue weighted by Gasteiger charge is 2.53. The normalized spacial score (nSPS) is 22.3. The number of urea groups is 1. The zero-order valence-corrected chi connectivity index (χ0v) is 13.7. The molecule has 8 heteroatoms. The summed E-state index contributed by atoms with van der Waals surface area (Å²) in [6.07, 6.45) is -1.98. The number of carboxylic acid groups (broad SMARTS) is 1. The van der Waals surface area contributed by atoms with Crippen LogP contribution in [0.2, 0.25) is 0 Å². The van der Waals surface area contributed by atoms with Crippen LogP contribution in [0.5, 0.6) is 0 Å². The van der Waals surface area contributed by atoms with Gasteiger partial charge in [-0.25, -0.2) is 4.79 Å². The largest absolute Gasteiger partial charge is 0.481 e. The predicted octanol–water partition coefficient (Wildman–Crippen LogP) is 3.11. The molecule has 2 N–H and O–H groups in total. The van der Waals surface area contributed by atoms with E-state index >= 15 is 0 Å². The van der Waals surface area contributed by atoms with Gasteiger partial charge in [0, 0.05) is 19.6 Å². The van der Waals surface area contributed by atoms with Crippen molar-refractivity contribution >= 4 is 12.0 Å². The van der Waals surface area contributed by atoms with Gasteiger partial charge in [0.15, 0.2) is 0 Å². The summed E-state index contributed by atoms with van der Waals surface area (Å²) in [7, 11) is 0. The zero-order chi connectivity index (χ0) is 17.8. The number of aliphatic carboxylic acids is 1. The molecule has 0 bridgehead atoms. The molecule has 0 aromatic carbocycles. The maximum absolute atomic E-state index is 12.9. The van der Waals surface area contributed by atoms with Crippen molar-refractivity contribution in [1.29, 1.82) is 0 Å². The lowest BCUT2D eigenvalue weighted by Crippen LogP contribution is -2.40. The first-order valence-electron chi connectivity index (χ1n) is 7.74. The Morgan fingerprint density at radius 1 is 1.17 bits per heavy atom. The molecular formula is C15H25F3N2O3. The molecule has 2 amide bonds. The number of amides is 2. The minimum absolute atomic E-state index is 0.202. The van der Waals surface area contributed by atoms with Crippen molar-refractivity contribution in [2.45, 2.75) is 46.2 Å². The smallest absolute Gasteiger partial charge is 0.394 e. The number of carbonyl (C=O) groups excluding carboxylic acids is 1. The van der Waals surface area contributed by atoms with Crippen molar-refractivity contribution in [3.8, 4) is 0 Å². The quantitative estimate of drug-likeness (QED) is 0.757. The van der Waals surface area contributed by atoms with E-state index in [4.69, 9.17) is 5.11 Å². The lowest BCUT2D eigenvalue weighted by molar-refractivity contribution is -0.187. The van der Waals surface area contributed by atoms with Gasteiger partial charge in [-0.2, -0.15) is 13.2 Å². The second-order valence-corrected chi connectivity index (χ2v) is 7.25. The number of rotatable bonds is 5. The molecule has 5 nitrogen and oxygen atoms in total. The molecule has 0 saturated carbocycles. The van der Waals surface area contributed by atoms with Crippen LogP contribution in [0.3, 0.4) is 0 Å². The number of hydrogen-bond acceptors (Lipinski definition) is 2. The van der Waals surface area contributed by atoms with E-state index < -0.39 is 43.1 Å². The summed E-state index contributed by atoms with van der Waals surface area (Å²) in [5.41, 5.74) is 0.202. The first-order valence-corrected chi connectivity index (χ1v) is 7.74. The van der Waals surface area contributed by atoms with E-state index in [1.807, 2.05) is 0 Å². The fourth-order valence-corrected chi connectivity index (χ4v) is 2.64. The van der Waals surface area contributed by atoms with Gasteiger partial charge in [0.25, 0.3) is 0 Å². The van der Waals surface area contributed by atoms with Crippen LogP contribution in [0.15, 0.2) is 0 Å². The highest BCUT2D eigenvalue weighted by Crippen LogP contribution is 2.37. The van der Waals surface area contributed by atoms with Crippen LogP contribution in [-0.2, 0) is 4.79 Å². The molecule has 23 heavy (non-hydrogen) atoms. The Morgan fingerprint density at radius 2 is 1.78 bits per heavy atom. The number of nitrogens with one attached hydrogen (secondary N) is 1. The third-order valence-electron chi connectivity index (χ3n) is 3.97. The Morgan fingerprint density at radius 3 is 2.22 bits per heavy atom. The summed E-state index contributed by atoms with van der Waals surface area (Å²) >= 11 is 0. The third kappa shape index (κ3) is 6.27. The van der Waals surface area contributed by atoms with Gasteiger partial charge in [-0.15, -0.1) is 0 Å². The van der Waals surface area contributed by atoms with Gasteiger partial charge in [0.1, 0.15) is 0 Å². The Balaban J connectivity index is 2.44. The van der Waals surface area contributed by atoms with Crippen LogP contribution in [0.1, 0.15) is 40.0 Å². The van der Waals surface area contributed by atoms with Crippen LogP contribution < -0.4 is 5.32 Å². The van der Waals surface area contributed by atoms with E-state index in [0.29, 0.717) is 6.54 Å². The van der Waals surface area contributed by atoms with Crippen LogP contribution >= 0.6 is 0 Å². The third-order valence-corrected chi connectivity index (χ3v) is 3.97. The molecule has 0 unspecified atom stereocenters. The standard InChI is InChI=1S/C15H25F3N2O3/c1-14(2,3)6-4-5-7-19-13(23)20-8-10(12(21)22)11(9-20)15(16,17)18/h10-11H,4-9H2,1-3H3,(H,19,23)(H,21,22)/t10-,11-/m1/s1. The molecule has 0 radical (unpaired) electrons. The van der Waals surface area contributed by atoms with Crippen LogP contribution in [0.4, 0.5) is 18.0 Å². The average Bonchev–Trinajstić information content (AvgIpc) is 2.81. The Kier molecular flexibility index (Phi) is 6.30. The molecule has 134 valence electrons. The van der Waals surface area contributed by atoms with Gasteiger partial charge in [-0.1, -0.05) is 27.2 Å². The van der Waals surface area contributed by atoms with Gasteiger partial charge in [0.05, 0.1) is 11.8 Å². The van der Waals surface area contributed by atoms with E-state index in [1.54, 1.807) is 0 Å². The number of hydrogen-bond donors (Lipinski definition) is 2. The highest BCUT2D eigenvalue weighted by molar-refractivity contribution is 5.77. The zero-order valence-electron chi connectivity index (χ0n) is 13.7. The molecular weight excluding hydrogens is 313 g/mol. The molecule has 1 heterocycles. The lowest BCUT2D eigenvalue weighted by atomic mass is 9.90. The van der Waals surface area contributed by atoms with Crippen molar-refractivity contribution in [3.05, 3.63) is 0 Å². The van der Waals surface area contributed by atoms with Gasteiger partial charge in [-0.3, -0.25) is 4.79 Å². The van der Waals surface area contributed by atoms with Crippen LogP contribution in [-0.4, -0.2) is 47.8 Å². The average molecular weight is 338 g/mol. The number of halogens is 3. The van der Waals surface area contributed by atoms with E-state index in [0.717, 1.165) is 24.2 Å². The van der Waals surface area contributed by atoms with E-state index in [2.05, 4.69) is 26.1 Å². The van der Waals surface area contributed by atoms with Crippen molar-refractivity contribution in [2.24, 2.45) is 17.3 Å². The topological polar surface area (TPSA) is 69.6 Å². The minimum Gasteiger partial charge on any atom is -0.481 e. The second kappa shape index (κ2) is 7.40. The van der Waals surface area contributed by atoms with Crippen LogP contribution in [0, 0.1) is 17.3 Å². The molecule has 1 aliphatic rings. The number of alkyl halides is 3. The fraction of sp³-hybridized carbons (Fsp3) is 0.867. The molecule has 1 saturated heterocycles. The molecule has 0 aromatic heterocycles. The number of nitrogens with zero attached hydrogens (tertiary/aromatic N) is 1. The van der Waals surface area contributed by atoms with E-state index in [-0.39, 0.29) is 5.41 Å². The van der Waals surface area contributed by atoms with Gasteiger partial charge in [0.2, 0.25) is 0 Å². The van der Waals surface area contributed by atoms with Gasteiger partial charge < -0.3 is 15.3 Å². The Labute approximate surface area is 134 Å². The molecule has 0 aromatic rings. The Hall–Kier alpha value is -1.47. The first-order chi connectivity index (χ1) is 10.4. The summed E-state index contributed by atoms with van der Waals surface area (Å²) in [5, 5.41) is 11.5. The molecule has 1 fully saturated rings. The number of likely N-dealkylation sites (tertiary alicyclic amines) is 1. The van der Waals surface area contributed by atoms with Crippen molar-refractivity contribution < 1.29 is 27.9 Å². The van der Waals surface area contributed by atoms with Crippen molar-refractivity contribution in [1.82, 2.24) is 10.2 Å². The molecule has 1 aliphatic heterocycles. The van der Waals surface area contributed by atoms with E-state index in [1.165, 1.54) is 0 Å². The summed E-state index contributed by atoms with van der Waals surface area (Å²) in [4.78, 5) is 23.8. The maximum atomic E-state index is 12.9. The molecule has 0 aliphatic carbocycles. The monoisotopic (exact) mass is 338 g/mol. The minimum atomic E-state index is -4.62. The molecule has 1 rings (SSSR count). The first kappa shape index (κ1) is 19.6. The summed E-state index contributed by atoms with van der Waals surface area (Å²) in [5.74, 6) is -5.12. The van der Waals surface area contributed by atoms with Crippen LogP contribution in [0.25, 0.3) is 0 Å². The number of carbonyl (C=O) groups is 2. The second-order valence-electron chi connectivity index (χ2n) is 7.25. The molecule has 2 atom stereocenters. The number of unbranched alkanes of at least 4 members (excludes halogenated alkanes) is 1. The molecule has 0 spiro atoms. The van der Waals surface area contributed by atoms with Gasteiger partial charge >= 0.3 is 18.2 Å². The van der Waals surface area contributed by atoms with Crippen molar-refractivity contribution in [3.63, 3.8) is 0 Å². The maximum Gasteiger partial charge on any atom is 0.394 e. The van der Waals surface area contributed by atoms with Crippen molar-refractivity contribution in [2.75, 3.05) is 19.6 Å². The number of carboxylic acids is 1. The summed E-state index contributed by atoms with van der Waals surface area (Å²) in [6, 6.07) is -0.626. The Bertz CT molecular complexity index is 433. The predicted molar refractivity (Wildman–Crippen MR) is 78.9 cm³/mol. The fourth-order valence-electron chi connectivity index (χ4n) is 2.64.